The maximum atomic E-state index is 13.3. The molecule has 92 heavy (non-hydrogen) atoms. The standard InChI is InChI=1S/C78H133NO13/c1-3-5-7-9-11-13-15-17-19-21-23-25-27-29-30-31-32-33-34-35-36-38-39-41-43-45-47-49-51-53-55-57-59-61-67(82)66(65-89-77-75(88)73(86)76(69(64-81)91-77)92-78-74(87)72(85)71(84)68(63-80)90-78)79-70(83)62-60-58-56-54-52-50-48-46-44-42-40-37-28-26-24-22-20-18-16-14-12-10-8-6-4-2/h6,8,12,14,18,20,24,26,37,40,43-46,50-53,59,61,66-69,71-78,80-82,84-88H,3-5,7,9-11,13,15-17,19,21-23,25,27-36,38-39,41-42,47-49,54-58,60,62-65H2,1-2H3,(H,79,83)/b8-6-,14-12-,20-18-,26-24-,40-37-,45-43+,46-44-,52-50-,53-51+,61-59+. The molecule has 2 aliphatic rings. The molecule has 2 heterocycles. The Labute approximate surface area is 558 Å². The second-order valence-corrected chi connectivity index (χ2v) is 25.3. The zero-order valence-corrected chi connectivity index (χ0v) is 57.5. The number of carbonyl (C=O) groups excluding carboxylic acids is 1. The van der Waals surface area contributed by atoms with E-state index in [1.807, 2.05) is 6.08 Å². The van der Waals surface area contributed by atoms with Gasteiger partial charge in [-0.05, 0) is 103 Å². The molecule has 0 saturated carbocycles. The number of unbranched alkanes of at least 4 members (excludes halogenated alkanes) is 28. The highest BCUT2D eigenvalue weighted by atomic mass is 16.7. The molecule has 528 valence electrons. The molecule has 2 fully saturated rings. The van der Waals surface area contributed by atoms with Crippen LogP contribution in [-0.4, -0.2) is 140 Å². The van der Waals surface area contributed by atoms with E-state index < -0.39 is 86.8 Å². The Balaban J connectivity index is 1.71. The van der Waals surface area contributed by atoms with Crippen LogP contribution in [0.5, 0.6) is 0 Å². The van der Waals surface area contributed by atoms with Crippen molar-refractivity contribution in [1.82, 2.24) is 5.32 Å². The fraction of sp³-hybridized carbons (Fsp3) is 0.731. The smallest absolute Gasteiger partial charge is 0.220 e. The molecule has 0 spiro atoms. The van der Waals surface area contributed by atoms with Crippen molar-refractivity contribution >= 4 is 5.91 Å². The first-order valence-corrected chi connectivity index (χ1v) is 36.8. The van der Waals surface area contributed by atoms with Crippen LogP contribution >= 0.6 is 0 Å². The van der Waals surface area contributed by atoms with Crippen molar-refractivity contribution in [3.8, 4) is 0 Å². The van der Waals surface area contributed by atoms with Gasteiger partial charge in [0.25, 0.3) is 0 Å². The summed E-state index contributed by atoms with van der Waals surface area (Å²) in [6.07, 6.45) is 72.7. The van der Waals surface area contributed by atoms with E-state index in [1.165, 1.54) is 148 Å². The zero-order valence-electron chi connectivity index (χ0n) is 57.5. The van der Waals surface area contributed by atoms with Gasteiger partial charge in [-0.25, -0.2) is 0 Å². The molecule has 0 aromatic heterocycles. The molecule has 0 aromatic rings. The van der Waals surface area contributed by atoms with E-state index in [2.05, 4.69) is 129 Å². The molecule has 2 saturated heterocycles. The largest absolute Gasteiger partial charge is 0.394 e. The van der Waals surface area contributed by atoms with Crippen LogP contribution in [0.1, 0.15) is 271 Å². The Morgan fingerprint density at radius 1 is 0.402 bits per heavy atom. The van der Waals surface area contributed by atoms with Gasteiger partial charge in [0.2, 0.25) is 5.91 Å². The molecule has 0 radical (unpaired) electrons. The fourth-order valence-electron chi connectivity index (χ4n) is 11.3. The minimum atomic E-state index is -1.80. The van der Waals surface area contributed by atoms with Gasteiger partial charge in [-0.2, -0.15) is 0 Å². The molecular weight excluding hydrogens is 1160 g/mol. The fourth-order valence-corrected chi connectivity index (χ4v) is 11.3. The normalized spacial score (nSPS) is 23.4. The van der Waals surface area contributed by atoms with Crippen molar-refractivity contribution in [3.63, 3.8) is 0 Å². The average molecular weight is 1290 g/mol. The second kappa shape index (κ2) is 61.0. The van der Waals surface area contributed by atoms with Crippen LogP contribution in [0, 0.1) is 0 Å². The van der Waals surface area contributed by atoms with Crippen molar-refractivity contribution in [3.05, 3.63) is 122 Å². The average Bonchev–Trinajstić information content (AvgIpc) is 0.865. The quantitative estimate of drug-likeness (QED) is 0.0204. The maximum Gasteiger partial charge on any atom is 0.220 e. The highest BCUT2D eigenvalue weighted by Crippen LogP contribution is 2.30. The summed E-state index contributed by atoms with van der Waals surface area (Å²) < 4.78 is 22.8. The third kappa shape index (κ3) is 44.2. The minimum Gasteiger partial charge on any atom is -0.394 e. The monoisotopic (exact) mass is 1290 g/mol. The van der Waals surface area contributed by atoms with E-state index in [4.69, 9.17) is 18.9 Å². The van der Waals surface area contributed by atoms with Crippen LogP contribution in [-0.2, 0) is 23.7 Å². The van der Waals surface area contributed by atoms with Gasteiger partial charge in [0.1, 0.15) is 48.8 Å². The Hall–Kier alpha value is -3.61. The van der Waals surface area contributed by atoms with Gasteiger partial charge in [0, 0.05) is 6.42 Å². The van der Waals surface area contributed by atoms with Crippen LogP contribution in [0.2, 0.25) is 0 Å². The van der Waals surface area contributed by atoms with Crippen LogP contribution in [0.3, 0.4) is 0 Å². The molecule has 2 rings (SSSR count). The van der Waals surface area contributed by atoms with Crippen molar-refractivity contribution in [2.45, 2.75) is 344 Å². The number of hydrogen-bond donors (Lipinski definition) is 9. The summed E-state index contributed by atoms with van der Waals surface area (Å²) in [5, 5.41) is 87.4. The Morgan fingerprint density at radius 2 is 0.761 bits per heavy atom. The van der Waals surface area contributed by atoms with Crippen LogP contribution in [0.25, 0.3) is 0 Å². The predicted octanol–water partition coefficient (Wildman–Crippen LogP) is 15.7. The second-order valence-electron chi connectivity index (χ2n) is 25.3. The third-order valence-electron chi connectivity index (χ3n) is 17.1. The lowest BCUT2D eigenvalue weighted by molar-refractivity contribution is -0.359. The van der Waals surface area contributed by atoms with Crippen molar-refractivity contribution in [2.75, 3.05) is 19.8 Å². The Morgan fingerprint density at radius 3 is 1.20 bits per heavy atom. The highest BCUT2D eigenvalue weighted by Gasteiger charge is 2.51. The highest BCUT2D eigenvalue weighted by molar-refractivity contribution is 5.76. The first-order chi connectivity index (χ1) is 45.1. The summed E-state index contributed by atoms with van der Waals surface area (Å²) in [6, 6.07) is -0.968. The molecule has 0 aliphatic carbocycles. The van der Waals surface area contributed by atoms with Gasteiger partial charge in [0.05, 0.1) is 32.0 Å². The molecule has 2 aliphatic heterocycles. The topological polar surface area (TPSA) is 228 Å². The molecule has 14 nitrogen and oxygen atoms in total. The Kier molecular flexibility index (Phi) is 56.0. The summed E-state index contributed by atoms with van der Waals surface area (Å²) in [5.74, 6) is -0.288. The summed E-state index contributed by atoms with van der Waals surface area (Å²) in [5.41, 5.74) is 0. The van der Waals surface area contributed by atoms with E-state index >= 15 is 0 Å². The molecule has 0 aromatic carbocycles. The first kappa shape index (κ1) is 84.5. The lowest BCUT2D eigenvalue weighted by atomic mass is 9.97. The number of allylic oxidation sites excluding steroid dienone is 19. The summed E-state index contributed by atoms with van der Waals surface area (Å²) >= 11 is 0. The van der Waals surface area contributed by atoms with E-state index in [1.54, 1.807) is 6.08 Å². The SMILES string of the molecule is CC/C=C\C/C=C\C/C=C\C/C=C\C/C=C\C/C=C\C/C=C\CCCCCC(=O)NC(COC1OC(CO)C(OC2OC(CO)C(O)C(O)C2O)C(O)C1O)C(O)/C=C/CC/C=C/CC/C=C/CCCCCCCCCCCCCCCCCCCCCCCCC. The maximum absolute atomic E-state index is 13.3. The molecule has 0 bridgehead atoms. The van der Waals surface area contributed by atoms with Gasteiger partial charge in [-0.15, -0.1) is 0 Å². The van der Waals surface area contributed by atoms with Crippen molar-refractivity contribution in [2.24, 2.45) is 0 Å². The van der Waals surface area contributed by atoms with Gasteiger partial charge in [-0.3, -0.25) is 4.79 Å². The van der Waals surface area contributed by atoms with Gasteiger partial charge >= 0.3 is 0 Å². The van der Waals surface area contributed by atoms with Crippen molar-refractivity contribution < 1.29 is 64.6 Å². The van der Waals surface area contributed by atoms with Crippen LogP contribution < -0.4 is 5.32 Å². The lowest BCUT2D eigenvalue weighted by Gasteiger charge is -2.46. The zero-order chi connectivity index (χ0) is 66.6. The number of amides is 1. The molecule has 9 N–H and O–H groups in total. The van der Waals surface area contributed by atoms with E-state index in [0.717, 1.165) is 89.9 Å². The van der Waals surface area contributed by atoms with Gasteiger partial charge in [-0.1, -0.05) is 283 Å². The molecule has 1 amide bonds. The lowest BCUT2D eigenvalue weighted by Crippen LogP contribution is -2.65. The molecule has 14 heteroatoms. The molecule has 12 unspecified atom stereocenters. The third-order valence-corrected chi connectivity index (χ3v) is 17.1. The number of ether oxygens (including phenoxy) is 4. The van der Waals surface area contributed by atoms with Crippen LogP contribution in [0.4, 0.5) is 0 Å². The predicted molar refractivity (Wildman–Crippen MR) is 378 cm³/mol. The first-order valence-electron chi connectivity index (χ1n) is 36.8. The number of nitrogens with one attached hydrogen (secondary N) is 1. The van der Waals surface area contributed by atoms with E-state index in [9.17, 15) is 45.6 Å². The molecule has 12 atom stereocenters. The van der Waals surface area contributed by atoms with Crippen molar-refractivity contribution in [1.29, 1.82) is 0 Å². The number of aliphatic hydroxyl groups excluding tert-OH is 8. The van der Waals surface area contributed by atoms with E-state index in [0.29, 0.717) is 12.8 Å². The number of aliphatic hydroxyl groups is 8. The summed E-state index contributed by atoms with van der Waals surface area (Å²) in [7, 11) is 0. The van der Waals surface area contributed by atoms with Gasteiger partial charge < -0.3 is 65.1 Å². The number of rotatable bonds is 59. The Bertz CT molecular complexity index is 2010. The summed E-state index contributed by atoms with van der Waals surface area (Å²) in [6.45, 7) is 2.65. The molecular formula is C78H133NO13. The van der Waals surface area contributed by atoms with Crippen LogP contribution in [0.15, 0.2) is 122 Å². The number of carbonyl (C=O) groups is 1. The minimum absolute atomic E-state index is 0.222. The van der Waals surface area contributed by atoms with E-state index in [-0.39, 0.29) is 18.9 Å². The van der Waals surface area contributed by atoms with Gasteiger partial charge in [0.15, 0.2) is 12.6 Å². The summed E-state index contributed by atoms with van der Waals surface area (Å²) in [4.78, 5) is 13.3. The number of hydrogen-bond acceptors (Lipinski definition) is 13.